The first kappa shape index (κ1) is 12.6. The minimum Gasteiger partial charge on any atom is -0.390 e. The van der Waals surface area contributed by atoms with Gasteiger partial charge in [-0.25, -0.2) is 0 Å². The van der Waals surface area contributed by atoms with Crippen molar-refractivity contribution < 1.29 is 4.84 Å². The van der Waals surface area contributed by atoms with E-state index < -0.39 is 0 Å². The predicted molar refractivity (Wildman–Crippen MR) is 74.9 cm³/mol. The Bertz CT molecular complexity index is 471. The number of benzene rings is 1. The Kier molecular flexibility index (Phi) is 3.50. The first-order valence-electron chi connectivity index (χ1n) is 6.74. The molecule has 0 radical (unpaired) electrons. The maximum absolute atomic E-state index is 5.58. The van der Waals surface area contributed by atoms with Gasteiger partial charge in [0, 0.05) is 26.1 Å². The second kappa shape index (κ2) is 5.28. The second-order valence-electron chi connectivity index (χ2n) is 5.16. The molecule has 1 aromatic rings. The monoisotopic (exact) mass is 260 g/mol. The number of nitrogens with two attached hydrogens (primary N) is 1. The summed E-state index contributed by atoms with van der Waals surface area (Å²) in [6.07, 6.45) is 1.17. The average Bonchev–Trinajstić information content (AvgIpc) is 3.07. The molecule has 2 unspecified atom stereocenters. The summed E-state index contributed by atoms with van der Waals surface area (Å²) in [6, 6.07) is 8.55. The van der Waals surface area contributed by atoms with Crippen LogP contribution < -0.4 is 11.1 Å². The SMILES string of the molecule is CN1CCNC1c1ccc(C2=NOC(CN)C2)cc1. The summed E-state index contributed by atoms with van der Waals surface area (Å²) in [5, 5.41) is 7.59. The Hall–Kier alpha value is -1.43. The molecule has 19 heavy (non-hydrogen) atoms. The number of nitrogens with one attached hydrogen (secondary N) is 1. The summed E-state index contributed by atoms with van der Waals surface area (Å²) in [4.78, 5) is 7.57. The highest BCUT2D eigenvalue weighted by Gasteiger charge is 2.23. The lowest BCUT2D eigenvalue weighted by molar-refractivity contribution is 0.0918. The summed E-state index contributed by atoms with van der Waals surface area (Å²) < 4.78 is 0. The van der Waals surface area contributed by atoms with E-state index in [1.54, 1.807) is 0 Å². The van der Waals surface area contributed by atoms with Crippen molar-refractivity contribution in [3.63, 3.8) is 0 Å². The summed E-state index contributed by atoms with van der Waals surface area (Å²) in [6.45, 7) is 2.65. The Labute approximate surface area is 113 Å². The van der Waals surface area contributed by atoms with Crippen LogP contribution in [0.5, 0.6) is 0 Å². The van der Waals surface area contributed by atoms with Gasteiger partial charge in [-0.3, -0.25) is 10.2 Å². The van der Waals surface area contributed by atoms with Crippen LogP contribution in [0.25, 0.3) is 0 Å². The standard InChI is InChI=1S/C14H20N4O/c1-18-7-6-16-14(18)11-4-2-10(3-5-11)13-8-12(9-15)19-17-13/h2-5,12,14,16H,6-9,15H2,1H3. The molecule has 0 bridgehead atoms. The van der Waals surface area contributed by atoms with Crippen molar-refractivity contribution in [2.24, 2.45) is 10.9 Å². The van der Waals surface area contributed by atoms with Crippen LogP contribution in [-0.2, 0) is 4.84 Å². The molecule has 5 nitrogen and oxygen atoms in total. The van der Waals surface area contributed by atoms with Gasteiger partial charge in [-0.05, 0) is 18.2 Å². The molecule has 0 aromatic heterocycles. The topological polar surface area (TPSA) is 62.9 Å². The Morgan fingerprint density at radius 3 is 2.79 bits per heavy atom. The van der Waals surface area contributed by atoms with E-state index in [9.17, 15) is 0 Å². The number of nitrogens with zero attached hydrogens (tertiary/aromatic N) is 2. The molecule has 102 valence electrons. The van der Waals surface area contributed by atoms with Crippen molar-refractivity contribution in [1.82, 2.24) is 10.2 Å². The molecule has 3 N–H and O–H groups in total. The van der Waals surface area contributed by atoms with Gasteiger partial charge in [-0.15, -0.1) is 0 Å². The third-order valence-corrected chi connectivity index (χ3v) is 3.80. The van der Waals surface area contributed by atoms with E-state index in [1.807, 2.05) is 0 Å². The molecule has 1 fully saturated rings. The molecule has 5 heteroatoms. The van der Waals surface area contributed by atoms with Gasteiger partial charge in [0.2, 0.25) is 0 Å². The van der Waals surface area contributed by atoms with Crippen molar-refractivity contribution in [1.29, 1.82) is 0 Å². The highest BCUT2D eigenvalue weighted by Crippen LogP contribution is 2.22. The molecule has 2 aliphatic heterocycles. The molecule has 0 amide bonds. The zero-order chi connectivity index (χ0) is 13.2. The molecule has 1 saturated heterocycles. The summed E-state index contributed by atoms with van der Waals surface area (Å²) >= 11 is 0. The minimum absolute atomic E-state index is 0.0392. The van der Waals surface area contributed by atoms with E-state index in [0.29, 0.717) is 12.7 Å². The molecular formula is C14H20N4O. The smallest absolute Gasteiger partial charge is 0.145 e. The van der Waals surface area contributed by atoms with Crippen LogP contribution in [0.2, 0.25) is 0 Å². The Morgan fingerprint density at radius 1 is 1.42 bits per heavy atom. The van der Waals surface area contributed by atoms with E-state index in [1.165, 1.54) is 5.56 Å². The van der Waals surface area contributed by atoms with Gasteiger partial charge in [-0.1, -0.05) is 29.4 Å². The van der Waals surface area contributed by atoms with Gasteiger partial charge in [0.1, 0.15) is 6.10 Å². The number of hydrogen-bond donors (Lipinski definition) is 2. The maximum atomic E-state index is 5.58. The predicted octanol–water partition coefficient (Wildman–Crippen LogP) is 0.672. The third kappa shape index (κ3) is 2.49. The fourth-order valence-electron chi connectivity index (χ4n) is 2.62. The lowest BCUT2D eigenvalue weighted by Gasteiger charge is -2.19. The van der Waals surface area contributed by atoms with Crippen LogP contribution >= 0.6 is 0 Å². The zero-order valence-electron chi connectivity index (χ0n) is 11.2. The first-order valence-corrected chi connectivity index (χ1v) is 6.74. The van der Waals surface area contributed by atoms with Crippen LogP contribution in [0.3, 0.4) is 0 Å². The Morgan fingerprint density at radius 2 is 2.21 bits per heavy atom. The van der Waals surface area contributed by atoms with E-state index in [0.717, 1.165) is 30.8 Å². The van der Waals surface area contributed by atoms with E-state index in [4.69, 9.17) is 10.6 Å². The van der Waals surface area contributed by atoms with E-state index in [-0.39, 0.29) is 6.10 Å². The van der Waals surface area contributed by atoms with Crippen LogP contribution in [-0.4, -0.2) is 43.4 Å². The van der Waals surface area contributed by atoms with Gasteiger partial charge < -0.3 is 10.6 Å². The number of hydrogen-bond acceptors (Lipinski definition) is 5. The molecule has 1 aromatic carbocycles. The number of oxime groups is 1. The van der Waals surface area contributed by atoms with Crippen LogP contribution in [0, 0.1) is 0 Å². The van der Waals surface area contributed by atoms with E-state index >= 15 is 0 Å². The van der Waals surface area contributed by atoms with Gasteiger partial charge in [0.05, 0.1) is 11.9 Å². The Balaban J connectivity index is 1.73. The van der Waals surface area contributed by atoms with Crippen molar-refractivity contribution in [3.8, 4) is 0 Å². The fourth-order valence-corrected chi connectivity index (χ4v) is 2.62. The van der Waals surface area contributed by atoms with Crippen molar-refractivity contribution in [2.45, 2.75) is 18.7 Å². The largest absolute Gasteiger partial charge is 0.390 e. The lowest BCUT2D eigenvalue weighted by Crippen LogP contribution is -2.23. The normalized spacial score (nSPS) is 27.4. The molecule has 2 heterocycles. The molecular weight excluding hydrogens is 240 g/mol. The molecule has 3 rings (SSSR count). The molecule has 0 spiro atoms. The molecule has 0 aliphatic carbocycles. The summed E-state index contributed by atoms with van der Waals surface area (Å²) in [7, 11) is 2.14. The first-order chi connectivity index (χ1) is 9.28. The van der Waals surface area contributed by atoms with Crippen molar-refractivity contribution in [2.75, 3.05) is 26.7 Å². The zero-order valence-corrected chi connectivity index (χ0v) is 11.2. The van der Waals surface area contributed by atoms with Gasteiger partial charge in [-0.2, -0.15) is 0 Å². The van der Waals surface area contributed by atoms with Gasteiger partial charge in [0.15, 0.2) is 0 Å². The fraction of sp³-hybridized carbons (Fsp3) is 0.500. The lowest BCUT2D eigenvalue weighted by atomic mass is 10.0. The highest BCUT2D eigenvalue weighted by molar-refractivity contribution is 6.01. The van der Waals surface area contributed by atoms with Crippen LogP contribution in [0.15, 0.2) is 29.4 Å². The minimum atomic E-state index is 0.0392. The van der Waals surface area contributed by atoms with Crippen molar-refractivity contribution >= 4 is 5.71 Å². The van der Waals surface area contributed by atoms with Gasteiger partial charge >= 0.3 is 0 Å². The summed E-state index contributed by atoms with van der Waals surface area (Å²) in [5.41, 5.74) is 8.99. The van der Waals surface area contributed by atoms with Crippen molar-refractivity contribution in [3.05, 3.63) is 35.4 Å². The van der Waals surface area contributed by atoms with Crippen LogP contribution in [0.4, 0.5) is 0 Å². The maximum Gasteiger partial charge on any atom is 0.145 e. The average molecular weight is 260 g/mol. The molecule has 2 aliphatic rings. The molecule has 2 atom stereocenters. The van der Waals surface area contributed by atoms with Gasteiger partial charge in [0.25, 0.3) is 0 Å². The van der Waals surface area contributed by atoms with Crippen LogP contribution in [0.1, 0.15) is 23.7 Å². The third-order valence-electron chi connectivity index (χ3n) is 3.80. The highest BCUT2D eigenvalue weighted by atomic mass is 16.6. The summed E-state index contributed by atoms with van der Waals surface area (Å²) in [5.74, 6) is 0. The number of rotatable bonds is 3. The quantitative estimate of drug-likeness (QED) is 0.838. The second-order valence-corrected chi connectivity index (χ2v) is 5.16. The van der Waals surface area contributed by atoms with E-state index in [2.05, 4.69) is 46.7 Å². The molecule has 0 saturated carbocycles. The number of likely N-dealkylation sites (N-methyl/N-ethyl adjacent to an activating group) is 1.